The van der Waals surface area contributed by atoms with Gasteiger partial charge in [0.15, 0.2) is 0 Å². The molecule has 1 aromatic heterocycles. The Morgan fingerprint density at radius 2 is 1.86 bits per heavy atom. The van der Waals surface area contributed by atoms with E-state index >= 15 is 0 Å². The third-order valence-corrected chi connectivity index (χ3v) is 7.56. The van der Waals surface area contributed by atoms with Crippen molar-refractivity contribution in [1.29, 1.82) is 0 Å². The molecule has 0 atom stereocenters. The molecule has 0 bridgehead atoms. The summed E-state index contributed by atoms with van der Waals surface area (Å²) in [7, 11) is -3.44. The molecule has 1 aliphatic rings. The molecule has 2 rings (SSSR count). The summed E-state index contributed by atoms with van der Waals surface area (Å²) < 4.78 is 28.2. The maximum atomic E-state index is 12.6. The van der Waals surface area contributed by atoms with Crippen molar-refractivity contribution in [2.24, 2.45) is 10.8 Å². The van der Waals surface area contributed by atoms with Crippen LogP contribution in [0.5, 0.6) is 0 Å². The SMILES string of the molecule is CCCNCc1sccc1S(=O)(=O)NC1C(C)(C)C1(C)C. The Balaban J connectivity index is 2.13. The molecule has 1 aromatic rings. The van der Waals surface area contributed by atoms with Crippen LogP contribution in [-0.2, 0) is 16.6 Å². The average Bonchev–Trinajstić information content (AvgIpc) is 2.78. The topological polar surface area (TPSA) is 58.2 Å². The molecule has 6 heteroatoms. The molecule has 120 valence electrons. The third kappa shape index (κ3) is 3.04. The molecule has 2 N–H and O–H groups in total. The van der Waals surface area contributed by atoms with Crippen LogP contribution in [0.4, 0.5) is 0 Å². The van der Waals surface area contributed by atoms with Crippen LogP contribution in [0.1, 0.15) is 45.9 Å². The Labute approximate surface area is 132 Å². The predicted molar refractivity (Wildman–Crippen MR) is 88.0 cm³/mol. The van der Waals surface area contributed by atoms with E-state index in [1.807, 2.05) is 5.38 Å². The molecule has 1 fully saturated rings. The molecular formula is C15H26N2O2S2. The largest absolute Gasteiger partial charge is 0.312 e. The van der Waals surface area contributed by atoms with Crippen LogP contribution in [0.25, 0.3) is 0 Å². The second kappa shape index (κ2) is 5.65. The van der Waals surface area contributed by atoms with Crippen molar-refractivity contribution in [1.82, 2.24) is 10.0 Å². The van der Waals surface area contributed by atoms with Crippen LogP contribution >= 0.6 is 11.3 Å². The van der Waals surface area contributed by atoms with Crippen LogP contribution in [0.3, 0.4) is 0 Å². The lowest BCUT2D eigenvalue weighted by Gasteiger charge is -2.09. The van der Waals surface area contributed by atoms with Crippen LogP contribution in [-0.4, -0.2) is 21.0 Å². The Bertz CT molecular complexity index is 589. The van der Waals surface area contributed by atoms with Crippen molar-refractivity contribution in [2.45, 2.75) is 58.5 Å². The van der Waals surface area contributed by atoms with E-state index in [0.29, 0.717) is 11.4 Å². The van der Waals surface area contributed by atoms with E-state index in [2.05, 4.69) is 44.7 Å². The first-order valence-electron chi connectivity index (χ1n) is 7.44. The summed E-state index contributed by atoms with van der Waals surface area (Å²) in [4.78, 5) is 1.31. The van der Waals surface area contributed by atoms with E-state index in [1.165, 1.54) is 11.3 Å². The van der Waals surface area contributed by atoms with Gasteiger partial charge in [0.1, 0.15) is 0 Å². The van der Waals surface area contributed by atoms with Gasteiger partial charge >= 0.3 is 0 Å². The van der Waals surface area contributed by atoms with Gasteiger partial charge in [-0.1, -0.05) is 34.6 Å². The van der Waals surface area contributed by atoms with Gasteiger partial charge in [-0.05, 0) is 35.2 Å². The number of hydrogen-bond acceptors (Lipinski definition) is 4. The van der Waals surface area contributed by atoms with Crippen LogP contribution in [0.15, 0.2) is 16.3 Å². The number of sulfonamides is 1. The van der Waals surface area contributed by atoms with Gasteiger partial charge in [-0.25, -0.2) is 13.1 Å². The Morgan fingerprint density at radius 3 is 2.38 bits per heavy atom. The summed E-state index contributed by atoms with van der Waals surface area (Å²) in [6.07, 6.45) is 1.04. The number of rotatable bonds is 7. The molecule has 1 heterocycles. The maximum Gasteiger partial charge on any atom is 0.242 e. The highest BCUT2D eigenvalue weighted by molar-refractivity contribution is 7.89. The standard InChI is InChI=1S/C15H26N2O2S2/c1-6-8-16-10-11-12(7-9-20-11)21(18,19)17-13-14(2,3)15(13,4)5/h7,9,13,16-17H,6,8,10H2,1-5H3. The van der Waals surface area contributed by atoms with Crippen LogP contribution in [0, 0.1) is 10.8 Å². The highest BCUT2D eigenvalue weighted by Crippen LogP contribution is 2.63. The molecule has 0 aromatic carbocycles. The summed E-state index contributed by atoms with van der Waals surface area (Å²) in [5, 5.41) is 5.12. The van der Waals surface area contributed by atoms with E-state index in [1.54, 1.807) is 6.07 Å². The van der Waals surface area contributed by atoms with Gasteiger partial charge in [-0.15, -0.1) is 11.3 Å². The number of hydrogen-bond donors (Lipinski definition) is 2. The van der Waals surface area contributed by atoms with Gasteiger partial charge in [0, 0.05) is 17.5 Å². The average molecular weight is 331 g/mol. The van der Waals surface area contributed by atoms with Crippen molar-refractivity contribution < 1.29 is 8.42 Å². The molecule has 0 amide bonds. The molecule has 1 aliphatic carbocycles. The van der Waals surface area contributed by atoms with E-state index in [-0.39, 0.29) is 16.9 Å². The van der Waals surface area contributed by atoms with Gasteiger partial charge in [-0.2, -0.15) is 0 Å². The lowest BCUT2D eigenvalue weighted by molar-refractivity contribution is 0.457. The maximum absolute atomic E-state index is 12.6. The van der Waals surface area contributed by atoms with Gasteiger partial charge in [0.25, 0.3) is 0 Å². The fourth-order valence-corrected chi connectivity index (χ4v) is 5.73. The van der Waals surface area contributed by atoms with Crippen LogP contribution in [0.2, 0.25) is 0 Å². The fraction of sp³-hybridized carbons (Fsp3) is 0.733. The first kappa shape index (κ1) is 16.9. The quantitative estimate of drug-likeness (QED) is 0.756. The Kier molecular flexibility index (Phi) is 4.55. The smallest absolute Gasteiger partial charge is 0.242 e. The van der Waals surface area contributed by atoms with E-state index < -0.39 is 10.0 Å². The van der Waals surface area contributed by atoms with Gasteiger partial charge in [0.2, 0.25) is 10.0 Å². The molecule has 0 radical (unpaired) electrons. The second-order valence-electron chi connectivity index (χ2n) is 6.88. The molecule has 0 spiro atoms. The van der Waals surface area contributed by atoms with Gasteiger partial charge < -0.3 is 5.32 Å². The van der Waals surface area contributed by atoms with Crippen molar-refractivity contribution in [3.05, 3.63) is 16.3 Å². The van der Waals surface area contributed by atoms with Crippen molar-refractivity contribution in [3.63, 3.8) is 0 Å². The molecular weight excluding hydrogens is 304 g/mol. The normalized spacial score (nSPS) is 20.6. The molecule has 0 saturated heterocycles. The minimum absolute atomic E-state index is 0.00326. The molecule has 0 aliphatic heterocycles. The summed E-state index contributed by atoms with van der Waals surface area (Å²) in [6, 6.07) is 1.70. The highest BCUT2D eigenvalue weighted by atomic mass is 32.2. The van der Waals surface area contributed by atoms with Crippen molar-refractivity contribution in [2.75, 3.05) is 6.54 Å². The van der Waals surface area contributed by atoms with Gasteiger partial charge in [0.05, 0.1) is 4.90 Å². The second-order valence-corrected chi connectivity index (χ2v) is 9.57. The monoisotopic (exact) mass is 330 g/mol. The van der Waals surface area contributed by atoms with Crippen LogP contribution < -0.4 is 10.0 Å². The molecule has 0 unspecified atom stereocenters. The Morgan fingerprint density at radius 1 is 1.24 bits per heavy atom. The van der Waals surface area contributed by atoms with Gasteiger partial charge in [-0.3, -0.25) is 0 Å². The van der Waals surface area contributed by atoms with E-state index in [9.17, 15) is 8.42 Å². The lowest BCUT2D eigenvalue weighted by atomic mass is 10.0. The zero-order valence-electron chi connectivity index (χ0n) is 13.5. The fourth-order valence-electron chi connectivity index (χ4n) is 2.79. The highest BCUT2D eigenvalue weighted by Gasteiger charge is 2.66. The van der Waals surface area contributed by atoms with E-state index in [0.717, 1.165) is 17.8 Å². The summed E-state index contributed by atoms with van der Waals surface area (Å²) >= 11 is 1.49. The number of thiophene rings is 1. The van der Waals surface area contributed by atoms with E-state index in [4.69, 9.17) is 0 Å². The first-order chi connectivity index (χ1) is 9.64. The lowest BCUT2D eigenvalue weighted by Crippen LogP contribution is -2.30. The predicted octanol–water partition coefficient (Wildman–Crippen LogP) is 2.96. The zero-order valence-corrected chi connectivity index (χ0v) is 15.1. The summed E-state index contributed by atoms with van der Waals surface area (Å²) in [5.74, 6) is 0. The summed E-state index contributed by atoms with van der Waals surface area (Å²) in [5.41, 5.74) is -0.00652. The Hall–Kier alpha value is -0.430. The minimum atomic E-state index is -3.44. The first-order valence-corrected chi connectivity index (χ1v) is 9.80. The molecule has 1 saturated carbocycles. The summed E-state index contributed by atoms with van der Waals surface area (Å²) in [6.45, 7) is 12.0. The van der Waals surface area contributed by atoms with Crippen molar-refractivity contribution >= 4 is 21.4 Å². The van der Waals surface area contributed by atoms with Crippen molar-refractivity contribution in [3.8, 4) is 0 Å². The molecule has 21 heavy (non-hydrogen) atoms. The number of nitrogens with one attached hydrogen (secondary N) is 2. The molecule has 4 nitrogen and oxygen atoms in total. The zero-order chi connectivity index (χ0) is 15.9. The minimum Gasteiger partial charge on any atom is -0.312 e. The third-order valence-electron chi connectivity index (χ3n) is 5.00.